The number of aryl methyl sites for hydroxylation is 1. The summed E-state index contributed by atoms with van der Waals surface area (Å²) in [6, 6.07) is 9.14. The molecule has 11 heteroatoms. The van der Waals surface area contributed by atoms with Gasteiger partial charge in [0.1, 0.15) is 15.8 Å². The molecule has 1 amide bonds. The molecule has 0 radical (unpaired) electrons. The van der Waals surface area contributed by atoms with Gasteiger partial charge in [-0.25, -0.2) is 4.98 Å². The van der Waals surface area contributed by atoms with E-state index >= 15 is 0 Å². The minimum atomic E-state index is -0.300. The van der Waals surface area contributed by atoms with Crippen LogP contribution in [0.5, 0.6) is 11.5 Å². The lowest BCUT2D eigenvalue weighted by Crippen LogP contribution is -2.27. The predicted molar refractivity (Wildman–Crippen MR) is 138 cm³/mol. The highest BCUT2D eigenvalue weighted by Crippen LogP contribution is 2.36. The quantitative estimate of drug-likeness (QED) is 0.282. The van der Waals surface area contributed by atoms with Crippen molar-refractivity contribution in [1.82, 2.24) is 14.3 Å². The van der Waals surface area contributed by atoms with E-state index in [1.807, 2.05) is 25.1 Å². The molecule has 0 saturated carbocycles. The van der Waals surface area contributed by atoms with Gasteiger partial charge in [0.25, 0.3) is 11.5 Å². The molecule has 1 fully saturated rings. The number of benzene rings is 1. The average Bonchev–Trinajstić information content (AvgIpc) is 3.41. The van der Waals surface area contributed by atoms with Crippen LogP contribution in [-0.4, -0.2) is 49.6 Å². The number of aromatic nitrogens is 2. The normalized spacial score (nSPS) is 16.1. The molecule has 0 spiro atoms. The van der Waals surface area contributed by atoms with Crippen molar-refractivity contribution < 1.29 is 19.4 Å². The van der Waals surface area contributed by atoms with Gasteiger partial charge in [-0.3, -0.25) is 18.9 Å². The number of hydrogen-bond acceptors (Lipinski definition) is 9. The van der Waals surface area contributed by atoms with Gasteiger partial charge in [0, 0.05) is 19.3 Å². The Morgan fingerprint density at radius 3 is 2.89 bits per heavy atom. The van der Waals surface area contributed by atoms with Crippen LogP contribution >= 0.6 is 24.0 Å². The summed E-state index contributed by atoms with van der Waals surface area (Å²) in [5, 5.41) is 12.3. The summed E-state index contributed by atoms with van der Waals surface area (Å²) in [7, 11) is 0. The van der Waals surface area contributed by atoms with Crippen LogP contribution in [0.1, 0.15) is 23.1 Å². The second-order valence-corrected chi connectivity index (χ2v) is 9.75. The number of anilines is 1. The number of hydrogen-bond donors (Lipinski definition) is 2. The second-order valence-electron chi connectivity index (χ2n) is 8.07. The molecule has 0 unspecified atom stereocenters. The topological polar surface area (TPSA) is 105 Å². The highest BCUT2D eigenvalue weighted by Gasteiger charge is 2.33. The van der Waals surface area contributed by atoms with E-state index in [1.165, 1.54) is 9.30 Å². The van der Waals surface area contributed by atoms with Gasteiger partial charge < -0.3 is 19.9 Å². The standard InChI is InChI=1S/C24H22N4O5S2/c1-14-3-6-20-26-21(25-7-2-8-29)16(22(30)27(20)11-14)10-19-23(31)28(24(34)35-19)12-15-4-5-17-18(9-15)33-13-32-17/h3-6,9-11,25,29H,2,7-8,12-13H2,1H3/b19-10-. The summed E-state index contributed by atoms with van der Waals surface area (Å²) < 4.78 is 12.6. The number of thioether (sulfide) groups is 1. The molecule has 180 valence electrons. The molecule has 3 aromatic rings. The van der Waals surface area contributed by atoms with Crippen LogP contribution < -0.4 is 20.3 Å². The van der Waals surface area contributed by atoms with Crippen LogP contribution in [0.2, 0.25) is 0 Å². The number of nitrogens with one attached hydrogen (secondary N) is 1. The first-order valence-corrected chi connectivity index (χ1v) is 12.2. The predicted octanol–water partition coefficient (Wildman–Crippen LogP) is 2.93. The van der Waals surface area contributed by atoms with E-state index in [0.29, 0.717) is 45.2 Å². The third kappa shape index (κ3) is 4.62. The Bertz CT molecular complexity index is 1440. The summed E-state index contributed by atoms with van der Waals surface area (Å²) in [4.78, 5) is 33.1. The highest BCUT2D eigenvalue weighted by molar-refractivity contribution is 8.26. The molecule has 0 bridgehead atoms. The Balaban J connectivity index is 1.48. The summed E-state index contributed by atoms with van der Waals surface area (Å²) in [5.41, 5.74) is 2.20. The van der Waals surface area contributed by atoms with Gasteiger partial charge in [-0.05, 0) is 48.7 Å². The van der Waals surface area contributed by atoms with E-state index in [2.05, 4.69) is 10.3 Å². The Morgan fingerprint density at radius 1 is 1.23 bits per heavy atom. The first-order chi connectivity index (χ1) is 16.9. The van der Waals surface area contributed by atoms with Gasteiger partial charge in [0.2, 0.25) is 6.79 Å². The molecular formula is C24H22N4O5S2. The molecule has 2 aliphatic rings. The number of aliphatic hydroxyl groups excluding tert-OH is 1. The van der Waals surface area contributed by atoms with E-state index < -0.39 is 0 Å². The summed E-state index contributed by atoms with van der Waals surface area (Å²) in [6.45, 7) is 2.77. The lowest BCUT2D eigenvalue weighted by atomic mass is 10.2. The van der Waals surface area contributed by atoms with Gasteiger partial charge in [-0.15, -0.1) is 0 Å². The molecule has 35 heavy (non-hydrogen) atoms. The average molecular weight is 511 g/mol. The highest BCUT2D eigenvalue weighted by atomic mass is 32.2. The van der Waals surface area contributed by atoms with Crippen LogP contribution in [0.4, 0.5) is 5.82 Å². The first kappa shape index (κ1) is 23.3. The van der Waals surface area contributed by atoms with Crippen LogP contribution in [0.3, 0.4) is 0 Å². The van der Waals surface area contributed by atoms with Crippen molar-refractivity contribution in [2.24, 2.45) is 0 Å². The molecule has 1 saturated heterocycles. The Kier molecular flexibility index (Phi) is 6.46. The number of aliphatic hydroxyl groups is 1. The molecule has 2 N–H and O–H groups in total. The Hall–Kier alpha value is -3.41. The van der Waals surface area contributed by atoms with E-state index in [1.54, 1.807) is 24.4 Å². The van der Waals surface area contributed by atoms with Gasteiger partial charge in [0.05, 0.1) is 17.0 Å². The molecule has 4 heterocycles. The monoisotopic (exact) mass is 510 g/mol. The Morgan fingerprint density at radius 2 is 2.06 bits per heavy atom. The van der Waals surface area contributed by atoms with Crippen molar-refractivity contribution in [1.29, 1.82) is 0 Å². The zero-order valence-electron chi connectivity index (χ0n) is 18.8. The number of thiocarbonyl (C=S) groups is 1. The van der Waals surface area contributed by atoms with E-state index in [-0.39, 0.29) is 37.0 Å². The van der Waals surface area contributed by atoms with E-state index in [9.17, 15) is 9.59 Å². The molecule has 5 rings (SSSR count). The second kappa shape index (κ2) is 9.68. The van der Waals surface area contributed by atoms with Gasteiger partial charge in [-0.2, -0.15) is 0 Å². The minimum Gasteiger partial charge on any atom is -0.454 e. The number of amides is 1. The summed E-state index contributed by atoms with van der Waals surface area (Å²) in [5.74, 6) is 1.37. The molecule has 2 aromatic heterocycles. The van der Waals surface area contributed by atoms with Crippen molar-refractivity contribution in [3.63, 3.8) is 0 Å². The minimum absolute atomic E-state index is 0.00656. The molecule has 1 aromatic carbocycles. The molecular weight excluding hydrogens is 488 g/mol. The maximum atomic E-state index is 13.4. The maximum Gasteiger partial charge on any atom is 0.267 e. The molecule has 0 aliphatic carbocycles. The number of nitrogens with zero attached hydrogens (tertiary/aromatic N) is 3. The van der Waals surface area contributed by atoms with Gasteiger partial charge in [0.15, 0.2) is 11.5 Å². The number of ether oxygens (including phenoxy) is 2. The number of fused-ring (bicyclic) bond motifs is 2. The number of rotatable bonds is 7. The van der Waals surface area contributed by atoms with Crippen molar-refractivity contribution in [2.75, 3.05) is 25.3 Å². The van der Waals surface area contributed by atoms with Gasteiger partial charge >= 0.3 is 0 Å². The fourth-order valence-corrected chi connectivity index (χ4v) is 5.04. The maximum absolute atomic E-state index is 13.4. The lowest BCUT2D eigenvalue weighted by molar-refractivity contribution is -0.122. The molecule has 2 aliphatic heterocycles. The van der Waals surface area contributed by atoms with E-state index in [4.69, 9.17) is 26.8 Å². The summed E-state index contributed by atoms with van der Waals surface area (Å²) in [6.07, 6.45) is 3.75. The fraction of sp³-hybridized carbons (Fsp3) is 0.250. The lowest BCUT2D eigenvalue weighted by Gasteiger charge is -2.15. The van der Waals surface area contributed by atoms with Crippen LogP contribution in [0.25, 0.3) is 11.7 Å². The molecule has 0 atom stereocenters. The van der Waals surface area contributed by atoms with E-state index in [0.717, 1.165) is 22.9 Å². The van der Waals surface area contributed by atoms with Crippen molar-refractivity contribution in [3.8, 4) is 11.5 Å². The van der Waals surface area contributed by atoms with Gasteiger partial charge in [-0.1, -0.05) is 36.1 Å². The van der Waals surface area contributed by atoms with Crippen LogP contribution in [-0.2, 0) is 11.3 Å². The van der Waals surface area contributed by atoms with Crippen molar-refractivity contribution in [3.05, 3.63) is 68.5 Å². The molecule has 9 nitrogen and oxygen atoms in total. The number of pyridine rings is 1. The van der Waals surface area contributed by atoms with Crippen LogP contribution in [0.15, 0.2) is 46.2 Å². The zero-order chi connectivity index (χ0) is 24.5. The fourth-order valence-electron chi connectivity index (χ4n) is 3.80. The Labute approximate surface area is 210 Å². The number of carbonyl (C=O) groups is 1. The van der Waals surface area contributed by atoms with Crippen LogP contribution in [0, 0.1) is 6.92 Å². The summed E-state index contributed by atoms with van der Waals surface area (Å²) >= 11 is 6.63. The SMILES string of the molecule is Cc1ccc2nc(NCCCO)c(/C=C3\SC(=S)N(Cc4ccc5c(c4)OCO5)C3=O)c(=O)n2c1. The third-order valence-corrected chi connectivity index (χ3v) is 6.94. The smallest absolute Gasteiger partial charge is 0.267 e. The van der Waals surface area contributed by atoms with Crippen molar-refractivity contribution >= 4 is 51.7 Å². The first-order valence-electron chi connectivity index (χ1n) is 11.0. The van der Waals surface area contributed by atoms with Crippen molar-refractivity contribution in [2.45, 2.75) is 19.9 Å². The number of carbonyl (C=O) groups excluding carboxylic acids is 1. The third-order valence-electron chi connectivity index (χ3n) is 5.56. The largest absolute Gasteiger partial charge is 0.454 e. The zero-order valence-corrected chi connectivity index (χ0v) is 20.4.